The van der Waals surface area contributed by atoms with Gasteiger partial charge in [-0.15, -0.1) is 0 Å². The van der Waals surface area contributed by atoms with Crippen LogP contribution in [0.2, 0.25) is 0 Å². The first-order chi connectivity index (χ1) is 13.7. The summed E-state index contributed by atoms with van der Waals surface area (Å²) in [7, 11) is 0. The fraction of sp³-hybridized carbons (Fsp3) is 0.500. The molecular formula is C24H33NO4. The Labute approximate surface area is 174 Å². The van der Waals surface area contributed by atoms with Crippen LogP contribution in [0.3, 0.4) is 0 Å². The van der Waals surface area contributed by atoms with Crippen molar-refractivity contribution in [2.45, 2.75) is 59.4 Å². The highest BCUT2D eigenvalue weighted by Crippen LogP contribution is 2.33. The number of hydrogen-bond donors (Lipinski definition) is 1. The molecule has 0 aromatic heterocycles. The van der Waals surface area contributed by atoms with Gasteiger partial charge in [0.25, 0.3) is 0 Å². The van der Waals surface area contributed by atoms with Gasteiger partial charge >= 0.3 is 0 Å². The second-order valence-electron chi connectivity index (χ2n) is 8.86. The van der Waals surface area contributed by atoms with Crippen LogP contribution < -0.4 is 9.47 Å². The van der Waals surface area contributed by atoms with Gasteiger partial charge in [0, 0.05) is 19.6 Å². The van der Waals surface area contributed by atoms with E-state index in [9.17, 15) is 5.11 Å². The van der Waals surface area contributed by atoms with Crippen molar-refractivity contribution in [3.63, 3.8) is 0 Å². The zero-order valence-corrected chi connectivity index (χ0v) is 18.2. The van der Waals surface area contributed by atoms with Gasteiger partial charge in [-0.1, -0.05) is 29.8 Å². The molecule has 158 valence electrons. The zero-order valence-electron chi connectivity index (χ0n) is 18.2. The fourth-order valence-electron chi connectivity index (χ4n) is 3.39. The molecule has 0 saturated heterocycles. The van der Waals surface area contributed by atoms with Crippen molar-refractivity contribution in [3.05, 3.63) is 58.7 Å². The number of benzene rings is 2. The van der Waals surface area contributed by atoms with Crippen molar-refractivity contribution in [2.24, 2.45) is 0 Å². The van der Waals surface area contributed by atoms with Gasteiger partial charge in [-0.25, -0.2) is 0 Å². The predicted octanol–water partition coefficient (Wildman–Crippen LogP) is 4.21. The molecule has 1 atom stereocenters. The summed E-state index contributed by atoms with van der Waals surface area (Å²) in [5.41, 5.74) is 4.63. The molecule has 0 radical (unpaired) electrons. The summed E-state index contributed by atoms with van der Waals surface area (Å²) in [4.78, 5) is 2.26. The number of aliphatic hydroxyl groups is 1. The summed E-state index contributed by atoms with van der Waals surface area (Å²) in [6, 6.07) is 12.5. The summed E-state index contributed by atoms with van der Waals surface area (Å²) < 4.78 is 16.7. The summed E-state index contributed by atoms with van der Waals surface area (Å²) in [5.74, 6) is 1.57. The molecule has 0 bridgehead atoms. The van der Waals surface area contributed by atoms with E-state index in [-0.39, 0.29) is 12.4 Å². The molecule has 0 unspecified atom stereocenters. The molecule has 1 N–H and O–H groups in total. The molecule has 0 amide bonds. The van der Waals surface area contributed by atoms with Crippen LogP contribution in [0, 0.1) is 13.8 Å². The molecular weight excluding hydrogens is 366 g/mol. The summed E-state index contributed by atoms with van der Waals surface area (Å²) in [5, 5.41) is 10.6. The van der Waals surface area contributed by atoms with Crippen LogP contribution in [-0.2, 0) is 17.8 Å². The topological polar surface area (TPSA) is 51.2 Å². The Kier molecular flexibility index (Phi) is 6.83. The van der Waals surface area contributed by atoms with Crippen molar-refractivity contribution in [1.82, 2.24) is 4.90 Å². The lowest BCUT2D eigenvalue weighted by Crippen LogP contribution is -2.36. The monoisotopic (exact) mass is 399 g/mol. The van der Waals surface area contributed by atoms with Gasteiger partial charge < -0.3 is 19.3 Å². The summed E-state index contributed by atoms with van der Waals surface area (Å²) >= 11 is 0. The normalized spacial score (nSPS) is 14.4. The fourth-order valence-corrected chi connectivity index (χ4v) is 3.39. The van der Waals surface area contributed by atoms with Gasteiger partial charge in [0.1, 0.15) is 0 Å². The van der Waals surface area contributed by atoms with Crippen molar-refractivity contribution in [3.8, 4) is 11.5 Å². The Hall–Kier alpha value is -2.08. The van der Waals surface area contributed by atoms with Gasteiger partial charge in [0.15, 0.2) is 11.5 Å². The summed E-state index contributed by atoms with van der Waals surface area (Å²) in [6.45, 7) is 12.8. The Bertz CT molecular complexity index is 828. The standard InChI is InChI=1S/C24H33NO4/c1-17-6-7-18(2)20(10-17)13-25(14-21(26)15-29-24(3,4)5)12-19-8-9-22-23(11-19)28-16-27-22/h6-11,21,26H,12-16H2,1-5H3/t21-/m0/s1. The van der Waals surface area contributed by atoms with Crippen LogP contribution in [0.15, 0.2) is 36.4 Å². The molecule has 2 aromatic rings. The first kappa shape index (κ1) is 21.6. The SMILES string of the molecule is Cc1ccc(C)c(CN(Cc2ccc3c(c2)OCO3)C[C@H](O)COC(C)(C)C)c1. The van der Waals surface area contributed by atoms with Gasteiger partial charge in [0.05, 0.1) is 18.3 Å². The van der Waals surface area contributed by atoms with Crippen LogP contribution in [0.25, 0.3) is 0 Å². The Balaban J connectivity index is 1.74. The van der Waals surface area contributed by atoms with Crippen LogP contribution in [0.5, 0.6) is 11.5 Å². The summed E-state index contributed by atoms with van der Waals surface area (Å²) in [6.07, 6.45) is -0.562. The highest BCUT2D eigenvalue weighted by Gasteiger charge is 2.19. The Morgan fingerprint density at radius 2 is 1.79 bits per heavy atom. The van der Waals surface area contributed by atoms with E-state index >= 15 is 0 Å². The highest BCUT2D eigenvalue weighted by molar-refractivity contribution is 5.44. The number of fused-ring (bicyclic) bond motifs is 1. The third-order valence-corrected chi connectivity index (χ3v) is 4.92. The van der Waals surface area contributed by atoms with E-state index in [1.165, 1.54) is 16.7 Å². The van der Waals surface area contributed by atoms with E-state index in [0.717, 1.165) is 23.6 Å². The van der Waals surface area contributed by atoms with Crippen molar-refractivity contribution in [2.75, 3.05) is 19.9 Å². The first-order valence-corrected chi connectivity index (χ1v) is 10.2. The quantitative estimate of drug-likeness (QED) is 0.721. The molecule has 1 aliphatic rings. The Morgan fingerprint density at radius 3 is 2.55 bits per heavy atom. The van der Waals surface area contributed by atoms with E-state index < -0.39 is 6.10 Å². The van der Waals surface area contributed by atoms with Crippen LogP contribution in [0.4, 0.5) is 0 Å². The van der Waals surface area contributed by atoms with E-state index in [4.69, 9.17) is 14.2 Å². The number of ether oxygens (including phenoxy) is 3. The molecule has 29 heavy (non-hydrogen) atoms. The van der Waals surface area contributed by atoms with Crippen molar-refractivity contribution in [1.29, 1.82) is 0 Å². The molecule has 2 aromatic carbocycles. The number of aliphatic hydroxyl groups excluding tert-OH is 1. The third-order valence-electron chi connectivity index (χ3n) is 4.92. The van der Waals surface area contributed by atoms with Crippen LogP contribution in [-0.4, -0.2) is 41.7 Å². The lowest BCUT2D eigenvalue weighted by Gasteiger charge is -2.28. The maximum absolute atomic E-state index is 10.6. The van der Waals surface area contributed by atoms with Gasteiger partial charge in [-0.3, -0.25) is 4.90 Å². The van der Waals surface area contributed by atoms with Crippen molar-refractivity contribution >= 4 is 0 Å². The van der Waals surface area contributed by atoms with E-state index in [1.54, 1.807) is 0 Å². The molecule has 5 nitrogen and oxygen atoms in total. The number of hydrogen-bond acceptors (Lipinski definition) is 5. The Morgan fingerprint density at radius 1 is 1.03 bits per heavy atom. The van der Waals surface area contributed by atoms with Gasteiger partial charge in [0.2, 0.25) is 6.79 Å². The molecule has 0 fully saturated rings. The second-order valence-corrected chi connectivity index (χ2v) is 8.86. The van der Waals surface area contributed by atoms with E-state index in [1.807, 2.05) is 32.9 Å². The molecule has 1 aliphatic heterocycles. The second kappa shape index (κ2) is 9.16. The largest absolute Gasteiger partial charge is 0.454 e. The van der Waals surface area contributed by atoms with Gasteiger partial charge in [-0.2, -0.15) is 0 Å². The lowest BCUT2D eigenvalue weighted by molar-refractivity contribution is -0.0573. The molecule has 0 aliphatic carbocycles. The zero-order chi connectivity index (χ0) is 21.0. The minimum Gasteiger partial charge on any atom is -0.454 e. The minimum atomic E-state index is -0.562. The smallest absolute Gasteiger partial charge is 0.231 e. The predicted molar refractivity (Wildman–Crippen MR) is 114 cm³/mol. The van der Waals surface area contributed by atoms with Crippen LogP contribution >= 0.6 is 0 Å². The number of aryl methyl sites for hydroxylation is 2. The third kappa shape index (κ3) is 6.46. The average molecular weight is 400 g/mol. The minimum absolute atomic E-state index is 0.268. The molecule has 3 rings (SSSR count). The first-order valence-electron chi connectivity index (χ1n) is 10.2. The molecule has 0 saturated carbocycles. The van der Waals surface area contributed by atoms with E-state index in [2.05, 4.69) is 43.0 Å². The maximum atomic E-state index is 10.6. The highest BCUT2D eigenvalue weighted by atomic mass is 16.7. The van der Waals surface area contributed by atoms with Gasteiger partial charge in [-0.05, 0) is 63.4 Å². The van der Waals surface area contributed by atoms with Crippen molar-refractivity contribution < 1.29 is 19.3 Å². The molecule has 1 heterocycles. The number of nitrogens with zero attached hydrogens (tertiary/aromatic N) is 1. The number of rotatable bonds is 8. The maximum Gasteiger partial charge on any atom is 0.231 e. The molecule has 5 heteroatoms. The van der Waals surface area contributed by atoms with E-state index in [0.29, 0.717) is 19.7 Å². The average Bonchev–Trinajstić information content (AvgIpc) is 3.10. The molecule has 0 spiro atoms. The lowest BCUT2D eigenvalue weighted by atomic mass is 10.0. The van der Waals surface area contributed by atoms with Crippen LogP contribution in [0.1, 0.15) is 43.0 Å².